The predicted molar refractivity (Wildman–Crippen MR) is 121 cm³/mol. The first-order valence-corrected chi connectivity index (χ1v) is 12.0. The van der Waals surface area contributed by atoms with Gasteiger partial charge in [0.05, 0.1) is 17.7 Å². The van der Waals surface area contributed by atoms with E-state index >= 15 is 0 Å². The molecule has 2 aromatic heterocycles. The van der Waals surface area contributed by atoms with Crippen LogP contribution in [-0.2, 0) is 10.0 Å². The number of halogens is 1. The van der Waals surface area contributed by atoms with Gasteiger partial charge in [-0.15, -0.1) is 11.3 Å². The van der Waals surface area contributed by atoms with Gasteiger partial charge in [-0.25, -0.2) is 12.8 Å². The maximum atomic E-state index is 13.4. The molecule has 4 aromatic rings. The van der Waals surface area contributed by atoms with E-state index < -0.39 is 10.0 Å². The maximum Gasteiger partial charge on any atom is 0.268 e. The average Bonchev–Trinajstić information content (AvgIpc) is 3.42. The molecule has 0 saturated heterocycles. The van der Waals surface area contributed by atoms with Gasteiger partial charge in [-0.2, -0.15) is 4.98 Å². The Morgan fingerprint density at radius 1 is 1.12 bits per heavy atom. The number of benzene rings is 2. The lowest BCUT2D eigenvalue weighted by Crippen LogP contribution is -2.30. The molecule has 2 aromatic carbocycles. The molecule has 2 heterocycles. The van der Waals surface area contributed by atoms with Gasteiger partial charge >= 0.3 is 0 Å². The average molecular weight is 474 g/mol. The molecule has 4 rings (SSSR count). The lowest BCUT2D eigenvalue weighted by atomic mass is 10.2. The first-order valence-electron chi connectivity index (χ1n) is 9.70. The summed E-state index contributed by atoms with van der Waals surface area (Å²) < 4.78 is 51.9. The van der Waals surface area contributed by atoms with E-state index in [1.165, 1.54) is 27.8 Å². The second-order valence-corrected chi connectivity index (χ2v) is 9.92. The van der Waals surface area contributed by atoms with Gasteiger partial charge in [0.25, 0.3) is 15.9 Å². The molecule has 0 saturated carbocycles. The Labute approximate surface area is 189 Å². The van der Waals surface area contributed by atoms with Gasteiger partial charge in [-0.05, 0) is 68.4 Å². The van der Waals surface area contributed by atoms with Crippen LogP contribution in [-0.4, -0.2) is 32.2 Å². The normalized spacial score (nSPS) is 11.5. The van der Waals surface area contributed by atoms with Crippen LogP contribution in [0.5, 0.6) is 5.75 Å². The SMILES string of the molecule is CCN(c1ccc(OC)cc1)S(=O)(=O)c1cc(-c2nc(-c3ccc(F)cc3)no2)sc1C. The number of anilines is 1. The summed E-state index contributed by atoms with van der Waals surface area (Å²) in [5.41, 5.74) is 1.14. The van der Waals surface area contributed by atoms with Crippen molar-refractivity contribution < 1.29 is 22.1 Å². The maximum absolute atomic E-state index is 13.4. The Bertz CT molecular complexity index is 1330. The van der Waals surface area contributed by atoms with E-state index in [2.05, 4.69) is 10.1 Å². The van der Waals surface area contributed by atoms with Crippen LogP contribution in [0.15, 0.2) is 64.0 Å². The van der Waals surface area contributed by atoms with Crippen molar-refractivity contribution in [2.24, 2.45) is 0 Å². The molecule has 10 heteroatoms. The molecule has 32 heavy (non-hydrogen) atoms. The summed E-state index contributed by atoms with van der Waals surface area (Å²) in [4.78, 5) is 5.66. The standard InChI is InChI=1S/C22H20FN3O4S2/c1-4-26(17-9-11-18(29-3)12-10-17)32(27,28)20-13-19(31-14(20)2)22-24-21(25-30-22)15-5-7-16(23)8-6-15/h5-13H,4H2,1-3H3. The van der Waals surface area contributed by atoms with E-state index in [9.17, 15) is 12.8 Å². The highest BCUT2D eigenvalue weighted by molar-refractivity contribution is 7.93. The van der Waals surface area contributed by atoms with Crippen LogP contribution < -0.4 is 9.04 Å². The third-order valence-electron chi connectivity index (χ3n) is 4.83. The highest BCUT2D eigenvalue weighted by atomic mass is 32.2. The van der Waals surface area contributed by atoms with Gasteiger partial charge < -0.3 is 9.26 Å². The van der Waals surface area contributed by atoms with E-state index in [4.69, 9.17) is 9.26 Å². The summed E-state index contributed by atoms with van der Waals surface area (Å²) in [6, 6.07) is 14.1. The lowest BCUT2D eigenvalue weighted by molar-refractivity contribution is 0.415. The highest BCUT2D eigenvalue weighted by Gasteiger charge is 2.28. The molecule has 0 aliphatic carbocycles. The monoisotopic (exact) mass is 473 g/mol. The van der Waals surface area contributed by atoms with Crippen LogP contribution in [0.4, 0.5) is 10.1 Å². The third kappa shape index (κ3) is 4.11. The van der Waals surface area contributed by atoms with Crippen molar-refractivity contribution in [3.63, 3.8) is 0 Å². The van der Waals surface area contributed by atoms with E-state index in [0.29, 0.717) is 32.6 Å². The number of aryl methyl sites for hydroxylation is 1. The van der Waals surface area contributed by atoms with Crippen molar-refractivity contribution in [3.8, 4) is 27.9 Å². The lowest BCUT2D eigenvalue weighted by Gasteiger charge is -2.23. The summed E-state index contributed by atoms with van der Waals surface area (Å²) in [6.45, 7) is 3.77. The Morgan fingerprint density at radius 3 is 2.44 bits per heavy atom. The third-order valence-corrected chi connectivity index (χ3v) is 8.02. The Morgan fingerprint density at radius 2 is 1.81 bits per heavy atom. The molecule has 0 aliphatic heterocycles. The predicted octanol–water partition coefficient (Wildman–Crippen LogP) is 5.14. The van der Waals surface area contributed by atoms with Gasteiger partial charge in [0.15, 0.2) is 0 Å². The Balaban J connectivity index is 1.67. The molecule has 0 aliphatic rings. The first kappa shape index (κ1) is 22.0. The zero-order valence-electron chi connectivity index (χ0n) is 17.6. The van der Waals surface area contributed by atoms with E-state index in [1.807, 2.05) is 0 Å². The number of aromatic nitrogens is 2. The molecule has 166 valence electrons. The summed E-state index contributed by atoms with van der Waals surface area (Å²) in [5, 5.41) is 3.94. The quantitative estimate of drug-likeness (QED) is 0.370. The van der Waals surface area contributed by atoms with Gasteiger partial charge in [0.1, 0.15) is 16.5 Å². The van der Waals surface area contributed by atoms with Gasteiger partial charge in [-0.1, -0.05) is 5.16 Å². The fourth-order valence-corrected chi connectivity index (χ4v) is 6.18. The van der Waals surface area contributed by atoms with Crippen LogP contribution in [0.25, 0.3) is 22.2 Å². The fourth-order valence-electron chi connectivity index (χ4n) is 3.23. The van der Waals surface area contributed by atoms with Gasteiger partial charge in [0, 0.05) is 17.0 Å². The molecular formula is C22H20FN3O4S2. The number of nitrogens with zero attached hydrogens (tertiary/aromatic N) is 3. The zero-order chi connectivity index (χ0) is 22.9. The molecular weight excluding hydrogens is 453 g/mol. The second-order valence-electron chi connectivity index (χ2n) is 6.83. The minimum atomic E-state index is -3.82. The number of rotatable bonds is 7. The molecule has 7 nitrogen and oxygen atoms in total. The van der Waals surface area contributed by atoms with Crippen molar-refractivity contribution >= 4 is 27.0 Å². The topological polar surface area (TPSA) is 85.5 Å². The number of sulfonamides is 1. The molecule has 0 bridgehead atoms. The number of hydrogen-bond donors (Lipinski definition) is 0. The van der Waals surface area contributed by atoms with Gasteiger partial charge in [-0.3, -0.25) is 4.31 Å². The Hall–Kier alpha value is -3.24. The molecule has 0 atom stereocenters. The summed E-state index contributed by atoms with van der Waals surface area (Å²) in [5.74, 6) is 0.776. The smallest absolute Gasteiger partial charge is 0.268 e. The van der Waals surface area contributed by atoms with E-state index in [-0.39, 0.29) is 23.1 Å². The number of ether oxygens (including phenoxy) is 1. The largest absolute Gasteiger partial charge is 0.497 e. The van der Waals surface area contributed by atoms with Gasteiger partial charge in [0.2, 0.25) is 5.82 Å². The highest BCUT2D eigenvalue weighted by Crippen LogP contribution is 2.36. The summed E-state index contributed by atoms with van der Waals surface area (Å²) in [7, 11) is -2.27. The molecule has 0 amide bonds. The second kappa shape index (κ2) is 8.71. The number of hydrogen-bond acceptors (Lipinski definition) is 7. The van der Waals surface area contributed by atoms with E-state index in [0.717, 1.165) is 0 Å². The minimum Gasteiger partial charge on any atom is -0.497 e. The van der Waals surface area contributed by atoms with Crippen molar-refractivity contribution in [3.05, 3.63) is 65.3 Å². The van der Waals surface area contributed by atoms with Crippen LogP contribution >= 0.6 is 11.3 Å². The van der Waals surface area contributed by atoms with Crippen LogP contribution in [0.2, 0.25) is 0 Å². The molecule has 0 N–H and O–H groups in total. The fraction of sp³-hybridized carbons (Fsp3) is 0.182. The van der Waals surface area contributed by atoms with Crippen molar-refractivity contribution in [1.29, 1.82) is 0 Å². The molecule has 0 fully saturated rings. The molecule has 0 spiro atoms. The number of thiophene rings is 1. The van der Waals surface area contributed by atoms with Crippen molar-refractivity contribution in [2.45, 2.75) is 18.7 Å². The zero-order valence-corrected chi connectivity index (χ0v) is 19.2. The summed E-state index contributed by atoms with van der Waals surface area (Å²) >= 11 is 1.25. The molecule has 0 radical (unpaired) electrons. The van der Waals surface area contributed by atoms with E-state index in [1.54, 1.807) is 63.4 Å². The molecule has 0 unspecified atom stereocenters. The van der Waals surface area contributed by atoms with Crippen LogP contribution in [0, 0.1) is 12.7 Å². The van der Waals surface area contributed by atoms with Crippen LogP contribution in [0.3, 0.4) is 0 Å². The Kier molecular flexibility index (Phi) is 5.98. The van der Waals surface area contributed by atoms with Crippen molar-refractivity contribution in [2.75, 3.05) is 18.0 Å². The first-order chi connectivity index (χ1) is 15.3. The van der Waals surface area contributed by atoms with Crippen molar-refractivity contribution in [1.82, 2.24) is 10.1 Å². The van der Waals surface area contributed by atoms with Crippen LogP contribution in [0.1, 0.15) is 11.8 Å². The minimum absolute atomic E-state index is 0.178. The summed E-state index contributed by atoms with van der Waals surface area (Å²) in [6.07, 6.45) is 0. The number of methoxy groups -OCH3 is 1.